The molecular weight excluding hydrogens is 374 g/mol. The van der Waals surface area contributed by atoms with E-state index in [-0.39, 0.29) is 12.4 Å². The van der Waals surface area contributed by atoms with Crippen molar-refractivity contribution in [2.75, 3.05) is 0 Å². The van der Waals surface area contributed by atoms with Gasteiger partial charge < -0.3 is 5.32 Å². The van der Waals surface area contributed by atoms with Crippen molar-refractivity contribution in [1.82, 2.24) is 5.32 Å². The summed E-state index contributed by atoms with van der Waals surface area (Å²) in [5.74, 6) is 0. The van der Waals surface area contributed by atoms with Crippen LogP contribution >= 0.6 is 12.4 Å². The molecule has 29 heavy (non-hydrogen) atoms. The summed E-state index contributed by atoms with van der Waals surface area (Å²) in [6.45, 7) is 7.89. The van der Waals surface area contributed by atoms with Gasteiger partial charge in [-0.1, -0.05) is 114 Å². The van der Waals surface area contributed by atoms with Crippen molar-refractivity contribution >= 4 is 12.4 Å². The maximum absolute atomic E-state index is 3.87. The molecule has 0 radical (unpaired) electrons. The van der Waals surface area contributed by atoms with Gasteiger partial charge in [-0.05, 0) is 44.1 Å². The Bertz CT molecular complexity index is 481. The molecule has 0 aliphatic rings. The van der Waals surface area contributed by atoms with E-state index in [1.165, 1.54) is 102 Å². The molecule has 0 bridgehead atoms. The van der Waals surface area contributed by atoms with Gasteiger partial charge in [0, 0.05) is 12.2 Å². The number of unbranched alkanes of at least 4 members (excludes halogenated alkanes) is 9. The third kappa shape index (κ3) is 14.6. The average molecular weight is 422 g/mol. The molecule has 2 heteroatoms. The van der Waals surface area contributed by atoms with Crippen molar-refractivity contribution in [2.24, 2.45) is 0 Å². The van der Waals surface area contributed by atoms with Gasteiger partial charge >= 0.3 is 0 Å². The van der Waals surface area contributed by atoms with Crippen LogP contribution in [0.5, 0.6) is 0 Å². The van der Waals surface area contributed by atoms with Gasteiger partial charge in [0.05, 0.1) is 0 Å². The Balaban J connectivity index is 0.00000784. The molecule has 1 aromatic carbocycles. The molecule has 0 aliphatic carbocycles. The van der Waals surface area contributed by atoms with Gasteiger partial charge in [0.25, 0.3) is 0 Å². The first-order valence-corrected chi connectivity index (χ1v) is 12.3. The highest BCUT2D eigenvalue weighted by atomic mass is 35.5. The van der Waals surface area contributed by atoms with Crippen molar-refractivity contribution in [1.29, 1.82) is 0 Å². The second-order valence-electron chi connectivity index (χ2n) is 8.35. The van der Waals surface area contributed by atoms with E-state index in [0.29, 0.717) is 0 Å². The minimum atomic E-state index is 0. The summed E-state index contributed by atoms with van der Waals surface area (Å²) >= 11 is 0. The fraction of sp³-hybridized carbons (Fsp3) is 0.704. The normalized spacial score (nSPS) is 10.4. The van der Waals surface area contributed by atoms with Crippen molar-refractivity contribution < 1.29 is 0 Å². The van der Waals surface area contributed by atoms with E-state index in [2.05, 4.69) is 56.4 Å². The van der Waals surface area contributed by atoms with Crippen LogP contribution in [0.15, 0.2) is 41.6 Å². The average Bonchev–Trinajstić information content (AvgIpc) is 2.73. The van der Waals surface area contributed by atoms with Crippen molar-refractivity contribution in [3.05, 3.63) is 47.2 Å². The largest absolute Gasteiger partial charge is 0.384 e. The zero-order valence-electron chi connectivity index (χ0n) is 19.6. The number of rotatable bonds is 18. The van der Waals surface area contributed by atoms with Crippen molar-refractivity contribution in [3.8, 4) is 0 Å². The number of hydrogen-bond donors (Lipinski definition) is 1. The topological polar surface area (TPSA) is 12.0 Å². The van der Waals surface area contributed by atoms with Crippen molar-refractivity contribution in [3.63, 3.8) is 0 Å². The third-order valence-corrected chi connectivity index (χ3v) is 5.72. The predicted octanol–water partition coefficient (Wildman–Crippen LogP) is 9.36. The SMILES string of the molecule is CCCCCCC(CCCCCC)=C(CCCCCC)NCc1ccccc1.Cl. The van der Waals surface area contributed by atoms with Gasteiger partial charge in [-0.2, -0.15) is 0 Å². The number of hydrogen-bond acceptors (Lipinski definition) is 1. The van der Waals surface area contributed by atoms with Crippen LogP contribution in [-0.2, 0) is 6.54 Å². The van der Waals surface area contributed by atoms with Crippen molar-refractivity contribution in [2.45, 2.75) is 124 Å². The molecule has 0 saturated carbocycles. The monoisotopic (exact) mass is 421 g/mol. The van der Waals surface area contributed by atoms with Gasteiger partial charge in [-0.3, -0.25) is 0 Å². The lowest BCUT2D eigenvalue weighted by Crippen LogP contribution is -2.16. The molecule has 1 aromatic rings. The minimum Gasteiger partial charge on any atom is -0.384 e. The third-order valence-electron chi connectivity index (χ3n) is 5.72. The zero-order valence-corrected chi connectivity index (χ0v) is 20.4. The van der Waals surface area contributed by atoms with Gasteiger partial charge in [0.15, 0.2) is 0 Å². The number of allylic oxidation sites excluding steroid dienone is 2. The maximum atomic E-state index is 3.87. The summed E-state index contributed by atoms with van der Waals surface area (Å²) in [7, 11) is 0. The Labute approximate surface area is 188 Å². The molecule has 0 spiro atoms. The lowest BCUT2D eigenvalue weighted by molar-refractivity contribution is 0.590. The lowest BCUT2D eigenvalue weighted by Gasteiger charge is -2.19. The molecule has 0 atom stereocenters. The van der Waals surface area contributed by atoms with E-state index in [4.69, 9.17) is 0 Å². The highest BCUT2D eigenvalue weighted by Crippen LogP contribution is 2.24. The second-order valence-corrected chi connectivity index (χ2v) is 8.35. The first kappa shape index (κ1) is 28.1. The summed E-state index contributed by atoms with van der Waals surface area (Å²) in [5, 5.41) is 3.87. The maximum Gasteiger partial charge on any atom is 0.0397 e. The van der Waals surface area contributed by atoms with Gasteiger partial charge in [-0.15, -0.1) is 12.4 Å². The van der Waals surface area contributed by atoms with Gasteiger partial charge in [-0.25, -0.2) is 0 Å². The number of benzene rings is 1. The van der Waals surface area contributed by atoms with Gasteiger partial charge in [0.2, 0.25) is 0 Å². The first-order valence-electron chi connectivity index (χ1n) is 12.3. The molecule has 0 aromatic heterocycles. The first-order chi connectivity index (χ1) is 13.8. The van der Waals surface area contributed by atoms with Crippen LogP contribution in [0.2, 0.25) is 0 Å². The zero-order chi connectivity index (χ0) is 20.3. The predicted molar refractivity (Wildman–Crippen MR) is 134 cm³/mol. The van der Waals surface area contributed by atoms with E-state index in [1.807, 2.05) is 0 Å². The quantitative estimate of drug-likeness (QED) is 0.233. The standard InChI is InChI=1S/C27H47N.ClH/c1-4-7-10-16-21-26(22-17-11-8-5-2)27(23-18-12-9-6-3)28-24-25-19-14-13-15-20-25;/h13-15,19-20,28H,4-12,16-18,21-24H2,1-3H3;1H. The number of nitrogens with one attached hydrogen (secondary N) is 1. The lowest BCUT2D eigenvalue weighted by atomic mass is 9.96. The molecule has 1 N–H and O–H groups in total. The van der Waals surface area contributed by atoms with Crippen LogP contribution in [0, 0.1) is 0 Å². The number of halogens is 1. The second kappa shape index (κ2) is 20.3. The highest BCUT2D eigenvalue weighted by molar-refractivity contribution is 5.85. The molecular formula is C27H48ClN. The molecule has 0 aliphatic heterocycles. The summed E-state index contributed by atoms with van der Waals surface area (Å²) in [6.07, 6.45) is 20.1. The van der Waals surface area contributed by atoms with E-state index in [1.54, 1.807) is 11.3 Å². The highest BCUT2D eigenvalue weighted by Gasteiger charge is 2.08. The van der Waals surface area contributed by atoms with Crippen LogP contribution in [0.25, 0.3) is 0 Å². The van der Waals surface area contributed by atoms with E-state index < -0.39 is 0 Å². The fourth-order valence-electron chi connectivity index (χ4n) is 3.88. The molecule has 0 heterocycles. The van der Waals surface area contributed by atoms with E-state index >= 15 is 0 Å². The van der Waals surface area contributed by atoms with Crippen LogP contribution in [0.1, 0.15) is 123 Å². The van der Waals surface area contributed by atoms with E-state index in [0.717, 1.165) is 6.54 Å². The molecule has 168 valence electrons. The summed E-state index contributed by atoms with van der Waals surface area (Å²) < 4.78 is 0. The Hall–Kier alpha value is -0.950. The van der Waals surface area contributed by atoms with Crippen LogP contribution in [-0.4, -0.2) is 0 Å². The molecule has 1 nitrogen and oxygen atoms in total. The smallest absolute Gasteiger partial charge is 0.0397 e. The Morgan fingerprint density at radius 2 is 1.10 bits per heavy atom. The molecule has 0 unspecified atom stereocenters. The fourth-order valence-corrected chi connectivity index (χ4v) is 3.88. The summed E-state index contributed by atoms with van der Waals surface area (Å²) in [6, 6.07) is 10.9. The Morgan fingerprint density at radius 1 is 0.621 bits per heavy atom. The van der Waals surface area contributed by atoms with Crippen LogP contribution < -0.4 is 5.32 Å². The Morgan fingerprint density at radius 3 is 1.59 bits per heavy atom. The van der Waals surface area contributed by atoms with Crippen LogP contribution in [0.4, 0.5) is 0 Å². The summed E-state index contributed by atoms with van der Waals surface area (Å²) in [5.41, 5.74) is 4.71. The minimum absolute atomic E-state index is 0. The van der Waals surface area contributed by atoms with Crippen LogP contribution in [0.3, 0.4) is 0 Å². The summed E-state index contributed by atoms with van der Waals surface area (Å²) in [4.78, 5) is 0. The molecule has 0 fully saturated rings. The van der Waals surface area contributed by atoms with E-state index in [9.17, 15) is 0 Å². The van der Waals surface area contributed by atoms with Gasteiger partial charge in [0.1, 0.15) is 0 Å². The molecule has 1 rings (SSSR count). The molecule has 0 saturated heterocycles. The Kier molecular flexibility index (Phi) is 19.7. The molecule has 0 amide bonds.